The molecule has 1 N–H and O–H groups in total. The quantitative estimate of drug-likeness (QED) is 0.361. The number of ketones is 1. The van der Waals surface area contributed by atoms with Gasteiger partial charge in [-0.15, -0.1) is 0 Å². The maximum atomic E-state index is 13.8. The van der Waals surface area contributed by atoms with Crippen LogP contribution in [0.5, 0.6) is 0 Å². The second-order valence-electron chi connectivity index (χ2n) is 8.07. The number of likely N-dealkylation sites (N-methyl/N-ethyl adjacent to an activating group) is 1. The highest BCUT2D eigenvalue weighted by Crippen LogP contribution is 2.56. The Morgan fingerprint density at radius 2 is 2.06 bits per heavy atom. The molecule has 8 nitrogen and oxygen atoms in total. The summed E-state index contributed by atoms with van der Waals surface area (Å²) in [7, 11) is 1.77. The van der Waals surface area contributed by atoms with E-state index in [1.807, 2.05) is 4.90 Å². The Balaban J connectivity index is 1.74. The van der Waals surface area contributed by atoms with Crippen LogP contribution in [0.15, 0.2) is 65.3 Å². The van der Waals surface area contributed by atoms with E-state index in [1.165, 1.54) is 18.4 Å². The van der Waals surface area contributed by atoms with Gasteiger partial charge < -0.3 is 9.73 Å². The number of carbonyl (C=O) groups excluding carboxylic acids is 2. The van der Waals surface area contributed by atoms with E-state index in [2.05, 4.69) is 5.32 Å². The van der Waals surface area contributed by atoms with Gasteiger partial charge in [0.05, 0.1) is 17.1 Å². The number of halogens is 1. The molecule has 2 aromatic carbocycles. The first-order chi connectivity index (χ1) is 15.3. The molecule has 1 spiro atoms. The summed E-state index contributed by atoms with van der Waals surface area (Å²) in [5.41, 5.74) is 0.392. The molecule has 1 fully saturated rings. The molecule has 3 heterocycles. The summed E-state index contributed by atoms with van der Waals surface area (Å²) in [6, 6.07) is 14.5. The average molecular weight is 452 g/mol. The highest BCUT2D eigenvalue weighted by atomic mass is 35.5. The number of anilines is 1. The molecular formula is C23H18ClN3O5. The molecule has 5 rings (SSSR count). The van der Waals surface area contributed by atoms with Crippen LogP contribution in [0.4, 0.5) is 11.4 Å². The zero-order valence-corrected chi connectivity index (χ0v) is 17.7. The van der Waals surface area contributed by atoms with Crippen molar-refractivity contribution in [2.24, 2.45) is 5.92 Å². The van der Waals surface area contributed by atoms with Crippen molar-refractivity contribution in [3.8, 4) is 0 Å². The second kappa shape index (κ2) is 7.29. The first kappa shape index (κ1) is 20.4. The molecule has 32 heavy (non-hydrogen) atoms. The summed E-state index contributed by atoms with van der Waals surface area (Å²) < 4.78 is 5.40. The van der Waals surface area contributed by atoms with Crippen LogP contribution in [0.1, 0.15) is 27.6 Å². The summed E-state index contributed by atoms with van der Waals surface area (Å²) in [4.78, 5) is 40.0. The lowest BCUT2D eigenvalue weighted by molar-refractivity contribution is -0.384. The number of furan rings is 1. The van der Waals surface area contributed by atoms with E-state index in [1.54, 1.807) is 49.5 Å². The van der Waals surface area contributed by atoms with Gasteiger partial charge in [0, 0.05) is 40.9 Å². The van der Waals surface area contributed by atoms with E-state index >= 15 is 0 Å². The van der Waals surface area contributed by atoms with E-state index in [4.69, 9.17) is 16.0 Å². The number of carbonyl (C=O) groups is 2. The SMILES string of the molecule is CN1C[C@@H](c2cccc([N+](=O)[O-])c2)[C@H](C(=O)c2ccco2)[C@]12C(=O)Nc1ccc(Cl)cc12. The van der Waals surface area contributed by atoms with Gasteiger partial charge in [0.1, 0.15) is 5.54 Å². The van der Waals surface area contributed by atoms with Crippen molar-refractivity contribution in [3.05, 3.63) is 92.9 Å². The van der Waals surface area contributed by atoms with Gasteiger partial charge in [-0.2, -0.15) is 0 Å². The Bertz CT molecular complexity index is 1260. The highest BCUT2D eigenvalue weighted by molar-refractivity contribution is 6.31. The van der Waals surface area contributed by atoms with Crippen molar-refractivity contribution >= 4 is 34.7 Å². The largest absolute Gasteiger partial charge is 0.461 e. The number of rotatable bonds is 4. The molecule has 3 aromatic rings. The van der Waals surface area contributed by atoms with Gasteiger partial charge in [-0.05, 0) is 42.9 Å². The normalized spacial score (nSPS) is 24.5. The molecule has 9 heteroatoms. The lowest BCUT2D eigenvalue weighted by Gasteiger charge is -2.35. The molecule has 1 aromatic heterocycles. The number of nitrogens with zero attached hydrogens (tertiary/aromatic N) is 2. The summed E-state index contributed by atoms with van der Waals surface area (Å²) in [5, 5.41) is 14.7. The average Bonchev–Trinajstić information content (AvgIpc) is 3.47. The standard InChI is InChI=1S/C23H18ClN3O5/c1-26-12-16(13-4-2-5-15(10-13)27(30)31)20(21(28)19-6-3-9-32-19)23(26)17-11-14(24)7-8-18(17)25-22(23)29/h2-11,16,20H,12H2,1H3,(H,25,29)/t16-,20+,23+/m0/s1. The van der Waals surface area contributed by atoms with Crippen LogP contribution in [0, 0.1) is 16.0 Å². The van der Waals surface area contributed by atoms with Crippen LogP contribution in [-0.2, 0) is 10.3 Å². The molecule has 1 amide bonds. The van der Waals surface area contributed by atoms with Crippen molar-refractivity contribution in [3.63, 3.8) is 0 Å². The molecule has 0 radical (unpaired) electrons. The monoisotopic (exact) mass is 451 g/mol. The number of nitro benzene ring substituents is 1. The van der Waals surface area contributed by atoms with Crippen molar-refractivity contribution in [1.82, 2.24) is 4.90 Å². The molecule has 3 atom stereocenters. The van der Waals surface area contributed by atoms with Crippen LogP contribution >= 0.6 is 11.6 Å². The number of nitro groups is 1. The Hall–Kier alpha value is -3.49. The molecule has 162 valence electrons. The summed E-state index contributed by atoms with van der Waals surface area (Å²) in [6.07, 6.45) is 1.40. The number of likely N-dealkylation sites (tertiary alicyclic amines) is 1. The Labute approximate surface area is 187 Å². The number of fused-ring (bicyclic) bond motifs is 2. The number of hydrogen-bond acceptors (Lipinski definition) is 6. The second-order valence-corrected chi connectivity index (χ2v) is 8.51. The number of hydrogen-bond donors (Lipinski definition) is 1. The van der Waals surface area contributed by atoms with Gasteiger partial charge in [0.25, 0.3) is 5.69 Å². The molecule has 0 unspecified atom stereocenters. The summed E-state index contributed by atoms with van der Waals surface area (Å²) in [6.45, 7) is 0.331. The van der Waals surface area contributed by atoms with E-state index in [0.29, 0.717) is 28.4 Å². The van der Waals surface area contributed by atoms with Gasteiger partial charge in [0.2, 0.25) is 11.7 Å². The molecule has 2 aliphatic rings. The number of non-ortho nitro benzene ring substituents is 1. The van der Waals surface area contributed by atoms with E-state index in [0.717, 1.165) is 0 Å². The minimum Gasteiger partial charge on any atom is -0.461 e. The van der Waals surface area contributed by atoms with E-state index in [9.17, 15) is 19.7 Å². The Kier molecular flexibility index (Phi) is 4.65. The van der Waals surface area contributed by atoms with Crippen LogP contribution in [0.3, 0.4) is 0 Å². The van der Waals surface area contributed by atoms with Crippen molar-refractivity contribution in [2.75, 3.05) is 18.9 Å². The van der Waals surface area contributed by atoms with Gasteiger partial charge >= 0.3 is 0 Å². The fourth-order valence-electron chi connectivity index (χ4n) is 5.15. The minimum atomic E-state index is -1.33. The predicted molar refractivity (Wildman–Crippen MR) is 117 cm³/mol. The third-order valence-corrected chi connectivity index (χ3v) is 6.70. The molecule has 2 aliphatic heterocycles. The number of benzene rings is 2. The first-order valence-corrected chi connectivity index (χ1v) is 10.4. The van der Waals surface area contributed by atoms with Crippen LogP contribution in [0.25, 0.3) is 0 Å². The fraction of sp³-hybridized carbons (Fsp3) is 0.217. The minimum absolute atomic E-state index is 0.0744. The van der Waals surface area contributed by atoms with Gasteiger partial charge in [-0.25, -0.2) is 0 Å². The van der Waals surface area contributed by atoms with Crippen LogP contribution in [-0.4, -0.2) is 35.1 Å². The number of Topliss-reactive ketones (excluding diaryl/α,β-unsaturated/α-hetero) is 1. The Morgan fingerprint density at radius 1 is 1.25 bits per heavy atom. The summed E-state index contributed by atoms with van der Waals surface area (Å²) in [5.74, 6) is -1.94. The maximum absolute atomic E-state index is 13.8. The topological polar surface area (TPSA) is 106 Å². The van der Waals surface area contributed by atoms with Gasteiger partial charge in [0.15, 0.2) is 5.76 Å². The molecule has 0 aliphatic carbocycles. The zero-order chi connectivity index (χ0) is 22.6. The molecule has 0 bridgehead atoms. The molecule has 1 saturated heterocycles. The molecular weight excluding hydrogens is 434 g/mol. The van der Waals surface area contributed by atoms with E-state index in [-0.39, 0.29) is 23.1 Å². The van der Waals surface area contributed by atoms with Crippen LogP contribution < -0.4 is 5.32 Å². The van der Waals surface area contributed by atoms with Crippen molar-refractivity contribution < 1.29 is 18.9 Å². The summed E-state index contributed by atoms with van der Waals surface area (Å²) >= 11 is 6.28. The third-order valence-electron chi connectivity index (χ3n) is 6.47. The predicted octanol–water partition coefficient (Wildman–Crippen LogP) is 4.22. The highest BCUT2D eigenvalue weighted by Gasteiger charge is 2.64. The van der Waals surface area contributed by atoms with Gasteiger partial charge in [-0.1, -0.05) is 23.7 Å². The fourth-order valence-corrected chi connectivity index (χ4v) is 5.32. The lowest BCUT2D eigenvalue weighted by atomic mass is 9.71. The van der Waals surface area contributed by atoms with Crippen molar-refractivity contribution in [2.45, 2.75) is 11.5 Å². The third kappa shape index (κ3) is 2.80. The first-order valence-electron chi connectivity index (χ1n) is 9.99. The smallest absolute Gasteiger partial charge is 0.269 e. The lowest BCUT2D eigenvalue weighted by Crippen LogP contribution is -2.51. The maximum Gasteiger partial charge on any atom is 0.269 e. The number of amides is 1. The van der Waals surface area contributed by atoms with Crippen molar-refractivity contribution in [1.29, 1.82) is 0 Å². The Morgan fingerprint density at radius 3 is 2.78 bits per heavy atom. The number of nitrogens with one attached hydrogen (secondary N) is 1. The zero-order valence-electron chi connectivity index (χ0n) is 16.9. The molecule has 0 saturated carbocycles. The van der Waals surface area contributed by atoms with E-state index < -0.39 is 22.3 Å². The van der Waals surface area contributed by atoms with Crippen LogP contribution in [0.2, 0.25) is 5.02 Å². The van der Waals surface area contributed by atoms with Gasteiger partial charge in [-0.3, -0.25) is 24.6 Å².